The van der Waals surface area contributed by atoms with Crippen LogP contribution in [0.5, 0.6) is 0 Å². The Bertz CT molecular complexity index is 87.0. The van der Waals surface area contributed by atoms with Gasteiger partial charge in [-0.25, -0.2) is 0 Å². The third-order valence-corrected chi connectivity index (χ3v) is 0.594. The molecule has 0 saturated carbocycles. The Labute approximate surface area is 40.4 Å². The molecule has 1 rings (SSSR count). The molecule has 0 amide bonds. The van der Waals surface area contributed by atoms with Gasteiger partial charge in [-0.3, -0.25) is 0 Å². The SMILES string of the molecule is S=C1[N]N=CN1. The first-order chi connectivity index (χ1) is 2.89. The number of hydrogen-bond donors (Lipinski definition) is 1. The summed E-state index contributed by atoms with van der Waals surface area (Å²) in [5, 5.41) is 6.44. The second-order valence-corrected chi connectivity index (χ2v) is 1.18. The summed E-state index contributed by atoms with van der Waals surface area (Å²) in [6, 6.07) is 0. The molecule has 0 aromatic rings. The predicted molar refractivity (Wildman–Crippen MR) is 26.4 cm³/mol. The molecule has 1 N–H and O–H groups in total. The topological polar surface area (TPSA) is 38.5 Å². The zero-order valence-electron chi connectivity index (χ0n) is 2.88. The van der Waals surface area contributed by atoms with Crippen molar-refractivity contribution in [2.45, 2.75) is 0 Å². The molecule has 4 heteroatoms. The van der Waals surface area contributed by atoms with E-state index in [0.29, 0.717) is 5.11 Å². The van der Waals surface area contributed by atoms with E-state index in [2.05, 4.69) is 28.1 Å². The molecule has 1 aliphatic heterocycles. The fourth-order valence-corrected chi connectivity index (χ4v) is 0.294. The molecule has 0 aliphatic carbocycles. The van der Waals surface area contributed by atoms with E-state index in [0.717, 1.165) is 0 Å². The Balaban J connectivity index is 2.52. The first-order valence-electron chi connectivity index (χ1n) is 1.42. The van der Waals surface area contributed by atoms with E-state index in [4.69, 9.17) is 0 Å². The summed E-state index contributed by atoms with van der Waals surface area (Å²) in [6.07, 6.45) is 1.45. The maximum atomic E-state index is 4.52. The molecule has 6 heavy (non-hydrogen) atoms. The van der Waals surface area contributed by atoms with Crippen LogP contribution in [0.2, 0.25) is 0 Å². The molecule has 0 unspecified atom stereocenters. The molecule has 0 aromatic carbocycles. The molecule has 0 spiro atoms. The average molecular weight is 100 g/mol. The van der Waals surface area contributed by atoms with E-state index in [1.165, 1.54) is 6.34 Å². The molecule has 3 nitrogen and oxygen atoms in total. The third kappa shape index (κ3) is 0.463. The highest BCUT2D eigenvalue weighted by atomic mass is 32.1. The maximum absolute atomic E-state index is 4.52. The van der Waals surface area contributed by atoms with E-state index in [9.17, 15) is 0 Å². The van der Waals surface area contributed by atoms with Crippen LogP contribution in [-0.4, -0.2) is 11.5 Å². The standard InChI is InChI=1S/C2H2N3S/c6-2-3-1-4-5-2/h1H,(H,3,4,6). The second-order valence-electron chi connectivity index (χ2n) is 0.794. The Morgan fingerprint density at radius 2 is 2.67 bits per heavy atom. The lowest BCUT2D eigenvalue weighted by molar-refractivity contribution is 1.05. The van der Waals surface area contributed by atoms with Gasteiger partial charge in [0.2, 0.25) is 5.11 Å². The molecule has 0 atom stereocenters. The van der Waals surface area contributed by atoms with Gasteiger partial charge in [0.1, 0.15) is 6.34 Å². The van der Waals surface area contributed by atoms with Crippen molar-refractivity contribution in [1.82, 2.24) is 10.7 Å². The average Bonchev–Trinajstić information content (AvgIpc) is 1.86. The van der Waals surface area contributed by atoms with E-state index >= 15 is 0 Å². The Morgan fingerprint density at radius 1 is 1.83 bits per heavy atom. The fourth-order valence-electron chi connectivity index (χ4n) is 0.194. The van der Waals surface area contributed by atoms with Crippen molar-refractivity contribution in [2.75, 3.05) is 0 Å². The molecular weight excluding hydrogens is 98.1 g/mol. The monoisotopic (exact) mass is 100.0 g/mol. The molecule has 1 aliphatic rings. The first kappa shape index (κ1) is 3.55. The van der Waals surface area contributed by atoms with Crippen LogP contribution in [0.4, 0.5) is 0 Å². The summed E-state index contributed by atoms with van der Waals surface area (Å²) in [5.74, 6) is 0. The lowest BCUT2D eigenvalue weighted by atomic mass is 11.1. The van der Waals surface area contributed by atoms with Crippen LogP contribution in [0.15, 0.2) is 5.10 Å². The summed E-state index contributed by atoms with van der Waals surface area (Å²) in [4.78, 5) is 0. The van der Waals surface area contributed by atoms with Crippen LogP contribution in [-0.2, 0) is 0 Å². The lowest BCUT2D eigenvalue weighted by Gasteiger charge is -1.79. The number of nitrogens with zero attached hydrogens (tertiary/aromatic N) is 2. The maximum Gasteiger partial charge on any atom is 0.219 e. The van der Waals surface area contributed by atoms with Gasteiger partial charge >= 0.3 is 0 Å². The smallest absolute Gasteiger partial charge is 0.219 e. The van der Waals surface area contributed by atoms with Gasteiger partial charge in [0, 0.05) is 0 Å². The zero-order valence-corrected chi connectivity index (χ0v) is 3.70. The molecule has 31 valence electrons. The molecule has 1 radical (unpaired) electrons. The Morgan fingerprint density at radius 3 is 2.83 bits per heavy atom. The van der Waals surface area contributed by atoms with Gasteiger partial charge < -0.3 is 5.32 Å². The van der Waals surface area contributed by atoms with Crippen LogP contribution in [0.25, 0.3) is 0 Å². The van der Waals surface area contributed by atoms with Gasteiger partial charge in [-0.2, -0.15) is 0 Å². The summed E-state index contributed by atoms with van der Waals surface area (Å²) < 4.78 is 0. The number of hydrogen-bond acceptors (Lipinski definition) is 2. The van der Waals surface area contributed by atoms with Gasteiger partial charge in [0.05, 0.1) is 0 Å². The normalized spacial score (nSPS) is 17.0. The Kier molecular flexibility index (Phi) is 0.719. The zero-order chi connectivity index (χ0) is 4.41. The predicted octanol–water partition coefficient (Wildman–Crippen LogP) is -0.578. The molecule has 0 bridgehead atoms. The van der Waals surface area contributed by atoms with Crippen molar-refractivity contribution < 1.29 is 0 Å². The fraction of sp³-hybridized carbons (Fsp3) is 0. The van der Waals surface area contributed by atoms with Gasteiger partial charge in [-0.1, -0.05) is 0 Å². The van der Waals surface area contributed by atoms with Gasteiger partial charge in [0.25, 0.3) is 0 Å². The summed E-state index contributed by atoms with van der Waals surface area (Å²) in [7, 11) is 0. The second kappa shape index (κ2) is 1.22. The van der Waals surface area contributed by atoms with Crippen molar-refractivity contribution in [3.63, 3.8) is 0 Å². The van der Waals surface area contributed by atoms with E-state index < -0.39 is 0 Å². The van der Waals surface area contributed by atoms with Crippen LogP contribution in [0, 0.1) is 0 Å². The summed E-state index contributed by atoms with van der Waals surface area (Å²) in [6.45, 7) is 0. The molecule has 0 aromatic heterocycles. The lowest BCUT2D eigenvalue weighted by Crippen LogP contribution is -2.16. The van der Waals surface area contributed by atoms with Crippen molar-refractivity contribution >= 4 is 23.7 Å². The van der Waals surface area contributed by atoms with Crippen LogP contribution < -0.4 is 10.7 Å². The van der Waals surface area contributed by atoms with Crippen molar-refractivity contribution in [1.29, 1.82) is 0 Å². The van der Waals surface area contributed by atoms with Crippen molar-refractivity contribution in [3.8, 4) is 0 Å². The molecular formula is C2H2N3S. The van der Waals surface area contributed by atoms with Crippen molar-refractivity contribution in [2.24, 2.45) is 5.10 Å². The first-order valence-corrected chi connectivity index (χ1v) is 1.83. The van der Waals surface area contributed by atoms with Crippen LogP contribution in [0.3, 0.4) is 0 Å². The van der Waals surface area contributed by atoms with Crippen molar-refractivity contribution in [3.05, 3.63) is 0 Å². The summed E-state index contributed by atoms with van der Waals surface area (Å²) in [5.41, 5.74) is 3.43. The van der Waals surface area contributed by atoms with Gasteiger partial charge in [0.15, 0.2) is 0 Å². The quantitative estimate of drug-likeness (QED) is 0.414. The van der Waals surface area contributed by atoms with E-state index in [-0.39, 0.29) is 0 Å². The highest BCUT2D eigenvalue weighted by Crippen LogP contribution is 1.72. The molecule has 1 heterocycles. The minimum atomic E-state index is 0.440. The van der Waals surface area contributed by atoms with Gasteiger partial charge in [-0.05, 0) is 12.2 Å². The van der Waals surface area contributed by atoms with Gasteiger partial charge in [-0.15, -0.1) is 10.5 Å². The molecule has 0 saturated heterocycles. The van der Waals surface area contributed by atoms with Crippen LogP contribution in [0.1, 0.15) is 0 Å². The van der Waals surface area contributed by atoms with Crippen LogP contribution >= 0.6 is 12.2 Å². The third-order valence-electron chi connectivity index (χ3n) is 0.394. The highest BCUT2D eigenvalue weighted by Gasteiger charge is 1.95. The highest BCUT2D eigenvalue weighted by molar-refractivity contribution is 7.80. The number of rotatable bonds is 0. The van der Waals surface area contributed by atoms with E-state index in [1.54, 1.807) is 0 Å². The largest absolute Gasteiger partial charge is 0.319 e. The minimum Gasteiger partial charge on any atom is -0.319 e. The number of nitrogens with one attached hydrogen (secondary N) is 1. The number of thiocarbonyl (C=S) groups is 1. The molecule has 0 fully saturated rings. The minimum absolute atomic E-state index is 0.440. The Hall–Kier alpha value is -0.640. The summed E-state index contributed by atoms with van der Waals surface area (Å²) >= 11 is 4.52. The van der Waals surface area contributed by atoms with E-state index in [1.807, 2.05) is 0 Å².